The van der Waals surface area contributed by atoms with Gasteiger partial charge in [-0.3, -0.25) is 4.79 Å². The van der Waals surface area contributed by atoms with Crippen LogP contribution in [0.5, 0.6) is 0 Å². The number of hydrogen-bond acceptors (Lipinski definition) is 3. The minimum atomic E-state index is -3.48. The highest BCUT2D eigenvalue weighted by molar-refractivity contribution is 7.89. The molecule has 0 fully saturated rings. The molecule has 4 nitrogen and oxygen atoms in total. The van der Waals surface area contributed by atoms with Crippen molar-refractivity contribution < 1.29 is 14.6 Å². The number of sulfonamides is 1. The number of amides is 1. The summed E-state index contributed by atoms with van der Waals surface area (Å²) in [5.74, 6) is -0.657. The minimum Gasteiger partial charge on any atom is -0.268 e. The molecule has 0 saturated heterocycles. The van der Waals surface area contributed by atoms with Gasteiger partial charge in [-0.15, -0.1) is 0 Å². The van der Waals surface area contributed by atoms with E-state index in [1.54, 1.807) is 6.92 Å². The fourth-order valence-electron chi connectivity index (χ4n) is 0.569. The number of carbonyl (C=O) groups is 1. The van der Waals surface area contributed by atoms with E-state index in [2.05, 4.69) is 6.58 Å². The fourth-order valence-corrected chi connectivity index (χ4v) is 1.02. The predicted molar refractivity (Wildman–Crippen MR) is 49.1 cm³/mol. The Morgan fingerprint density at radius 1 is 1.58 bits per heavy atom. The molecule has 70 valence electrons. The average Bonchev–Trinajstić information content (AvgIpc) is 1.85. The molecule has 1 amide bonds. The summed E-state index contributed by atoms with van der Waals surface area (Å²) in [6, 6.07) is 0. The van der Waals surface area contributed by atoms with Crippen LogP contribution >= 0.6 is 0 Å². The van der Waals surface area contributed by atoms with Gasteiger partial charge in [0.05, 0.1) is 6.26 Å². The summed E-state index contributed by atoms with van der Waals surface area (Å²) < 4.78 is 23.0. The first-order chi connectivity index (χ1) is 5.40. The van der Waals surface area contributed by atoms with Crippen molar-refractivity contribution in [3.63, 3.8) is 0 Å². The summed E-state index contributed by atoms with van der Waals surface area (Å²) in [7, 11) is -3.48. The molecular formula is C7H13NO3S. The second kappa shape index (κ2) is 4.06. The summed E-state index contributed by atoms with van der Waals surface area (Å²) in [4.78, 5) is 11.0. The van der Waals surface area contributed by atoms with Crippen LogP contribution in [-0.2, 0) is 14.8 Å². The van der Waals surface area contributed by atoms with Gasteiger partial charge in [0.25, 0.3) is 5.91 Å². The van der Waals surface area contributed by atoms with Gasteiger partial charge in [0.2, 0.25) is 10.0 Å². The second-order valence-corrected chi connectivity index (χ2v) is 3.90. The third kappa shape index (κ3) is 3.92. The van der Waals surface area contributed by atoms with Gasteiger partial charge in [-0.25, -0.2) is 13.1 Å². The van der Waals surface area contributed by atoms with Crippen molar-refractivity contribution in [2.75, 3.05) is 6.26 Å². The molecular weight excluding hydrogens is 178 g/mol. The Morgan fingerprint density at radius 3 is 2.33 bits per heavy atom. The topological polar surface area (TPSA) is 63.2 Å². The zero-order valence-electron chi connectivity index (χ0n) is 6.99. The fraction of sp³-hybridized carbons (Fsp3) is 0.286. The Kier molecular flexibility index (Phi) is 3.69. The zero-order valence-corrected chi connectivity index (χ0v) is 7.81. The molecule has 12 heavy (non-hydrogen) atoms. The van der Waals surface area contributed by atoms with Gasteiger partial charge < -0.3 is 0 Å². The van der Waals surface area contributed by atoms with Crippen molar-refractivity contribution in [1.29, 1.82) is 0 Å². The average molecular weight is 191 g/mol. The van der Waals surface area contributed by atoms with E-state index < -0.39 is 15.9 Å². The Morgan fingerprint density at radius 2 is 2.08 bits per heavy atom. The predicted octanol–water partition coefficient (Wildman–Crippen LogP) is 0.440. The lowest BCUT2D eigenvalue weighted by Gasteiger charge is -2.01. The quantitative estimate of drug-likeness (QED) is 0.520. The summed E-state index contributed by atoms with van der Waals surface area (Å²) in [6.07, 6.45) is 3.69. The van der Waals surface area contributed by atoms with Crippen molar-refractivity contribution in [1.82, 2.24) is 4.72 Å². The molecule has 0 aromatic carbocycles. The lowest BCUT2D eigenvalue weighted by molar-refractivity contribution is -0.115. The van der Waals surface area contributed by atoms with Gasteiger partial charge >= 0.3 is 0 Å². The number of rotatable bonds is 3. The van der Waals surface area contributed by atoms with Gasteiger partial charge in [-0.2, -0.15) is 0 Å². The van der Waals surface area contributed by atoms with E-state index in [9.17, 15) is 13.2 Å². The van der Waals surface area contributed by atoms with Crippen LogP contribution in [0.1, 0.15) is 8.35 Å². The smallest absolute Gasteiger partial charge is 0.264 e. The highest BCUT2D eigenvalue weighted by Crippen LogP contribution is 1.95. The van der Waals surface area contributed by atoms with Gasteiger partial charge in [0, 0.05) is 7.00 Å². The third-order valence-corrected chi connectivity index (χ3v) is 1.63. The summed E-state index contributed by atoms with van der Waals surface area (Å²) in [5.41, 5.74) is 0.237. The summed E-state index contributed by atoms with van der Waals surface area (Å²) in [5, 5.41) is 0. The number of carbonyl (C=O) groups excluding carboxylic acids is 1. The molecule has 0 unspecified atom stereocenters. The van der Waals surface area contributed by atoms with Crippen molar-refractivity contribution in [2.45, 2.75) is 6.92 Å². The molecule has 0 aromatic rings. The highest BCUT2D eigenvalue weighted by atomic mass is 32.2. The summed E-state index contributed by atoms with van der Waals surface area (Å²) in [6.45, 7) is 4.98. The van der Waals surface area contributed by atoms with Gasteiger partial charge in [-0.1, -0.05) is 18.7 Å². The minimum absolute atomic E-state index is 0. The molecule has 5 heteroatoms. The maximum Gasteiger partial charge on any atom is 0.264 e. The molecule has 0 aliphatic rings. The normalized spacial score (nSPS) is 12.3. The monoisotopic (exact) mass is 191 g/mol. The molecule has 0 radical (unpaired) electrons. The highest BCUT2D eigenvalue weighted by Gasteiger charge is 2.09. The van der Waals surface area contributed by atoms with Crippen LogP contribution in [0.2, 0.25) is 0 Å². The van der Waals surface area contributed by atoms with E-state index in [4.69, 9.17) is 0 Å². The van der Waals surface area contributed by atoms with E-state index in [0.717, 1.165) is 6.26 Å². The first-order valence-electron chi connectivity index (χ1n) is 3.21. The van der Waals surface area contributed by atoms with Crippen molar-refractivity contribution in [3.8, 4) is 0 Å². The lowest BCUT2D eigenvalue weighted by Crippen LogP contribution is -2.30. The Balaban J connectivity index is 0. The molecule has 0 bridgehead atoms. The van der Waals surface area contributed by atoms with E-state index in [1.807, 2.05) is 4.72 Å². The van der Waals surface area contributed by atoms with E-state index in [1.165, 1.54) is 12.2 Å². The Bertz CT molecular complexity index is 319. The Labute approximate surface area is 73.5 Å². The first-order valence-corrected chi connectivity index (χ1v) is 5.10. The van der Waals surface area contributed by atoms with Crippen molar-refractivity contribution in [3.05, 3.63) is 24.3 Å². The molecule has 0 heterocycles. The van der Waals surface area contributed by atoms with E-state index >= 15 is 0 Å². The summed E-state index contributed by atoms with van der Waals surface area (Å²) >= 11 is 0. The number of nitrogens with one attached hydrogen (secondary N) is 1. The van der Waals surface area contributed by atoms with Crippen LogP contribution in [0, 0.1) is 0 Å². The number of hydrogen-bond donors (Lipinski definition) is 1. The van der Waals surface area contributed by atoms with E-state index in [0.29, 0.717) is 0 Å². The molecule has 1 N–H and O–H groups in total. The molecule has 0 spiro atoms. The van der Waals surface area contributed by atoms with Crippen LogP contribution < -0.4 is 4.72 Å². The molecule has 0 aliphatic carbocycles. The van der Waals surface area contributed by atoms with Crippen LogP contribution in [0.15, 0.2) is 24.3 Å². The van der Waals surface area contributed by atoms with E-state index in [-0.39, 0.29) is 7.00 Å². The maximum atomic E-state index is 11.0. The van der Waals surface area contributed by atoms with Gasteiger partial charge in [-0.05, 0) is 6.92 Å². The van der Waals surface area contributed by atoms with Crippen molar-refractivity contribution in [2.24, 2.45) is 0 Å². The maximum absolute atomic E-state index is 11.0. The third-order valence-electron chi connectivity index (χ3n) is 1.07. The molecule has 0 aliphatic heterocycles. The second-order valence-electron chi connectivity index (χ2n) is 2.15. The first kappa shape index (κ1) is 10.9. The molecule has 0 aromatic heterocycles. The molecule has 0 saturated carbocycles. The standard InChI is InChI=1S/C7H11NO3S.H2/c1-4-6(5-2)7(9)8-12(3,10)11;/h4-5H,1H2,2-3H3,(H,8,9);1H/b6-5-;. The van der Waals surface area contributed by atoms with Crippen LogP contribution in [-0.4, -0.2) is 20.6 Å². The molecule has 0 rings (SSSR count). The van der Waals surface area contributed by atoms with Crippen molar-refractivity contribution >= 4 is 15.9 Å². The largest absolute Gasteiger partial charge is 0.268 e. The zero-order chi connectivity index (χ0) is 9.78. The lowest BCUT2D eigenvalue weighted by atomic mass is 10.2. The van der Waals surface area contributed by atoms with Crippen LogP contribution in [0.4, 0.5) is 0 Å². The molecule has 0 atom stereocenters. The Hall–Kier alpha value is -1.10. The van der Waals surface area contributed by atoms with Gasteiger partial charge in [0.1, 0.15) is 0 Å². The van der Waals surface area contributed by atoms with Crippen LogP contribution in [0.3, 0.4) is 0 Å². The number of allylic oxidation sites excluding steroid dienone is 1. The SMILES string of the molecule is C=C/C(=C/C)C(=O)NS(C)(=O)=O.[HH]. The van der Waals surface area contributed by atoms with Crippen LogP contribution in [0.25, 0.3) is 0 Å². The van der Waals surface area contributed by atoms with Gasteiger partial charge in [0.15, 0.2) is 0 Å².